The van der Waals surface area contributed by atoms with Crippen LogP contribution in [0, 0.1) is 0 Å². The van der Waals surface area contributed by atoms with Gasteiger partial charge in [0.2, 0.25) is 0 Å². The van der Waals surface area contributed by atoms with Gasteiger partial charge in [0.1, 0.15) is 5.75 Å². The minimum Gasteiger partial charge on any atom is -0.503 e. The number of anilines is 1. The van der Waals surface area contributed by atoms with Gasteiger partial charge < -0.3 is 9.84 Å². The molecule has 0 radical (unpaired) electrons. The molecule has 5 nitrogen and oxygen atoms in total. The fourth-order valence-corrected chi connectivity index (χ4v) is 4.15. The monoisotopic (exact) mass is 481 g/mol. The Hall–Kier alpha value is -4.07. The molecular formula is C27H22F3NO4. The molecule has 1 N–H and O–H groups in total. The number of ketones is 1. The van der Waals surface area contributed by atoms with Gasteiger partial charge in [-0.15, -0.1) is 0 Å². The smallest absolute Gasteiger partial charge is 0.416 e. The van der Waals surface area contributed by atoms with Gasteiger partial charge in [-0.05, 0) is 47.9 Å². The highest BCUT2D eigenvalue weighted by Gasteiger charge is 2.44. The molecule has 35 heavy (non-hydrogen) atoms. The van der Waals surface area contributed by atoms with E-state index < -0.39 is 35.2 Å². The molecule has 0 bridgehead atoms. The Balaban J connectivity index is 1.77. The van der Waals surface area contributed by atoms with Crippen LogP contribution in [-0.4, -0.2) is 23.9 Å². The van der Waals surface area contributed by atoms with Gasteiger partial charge in [-0.3, -0.25) is 14.5 Å². The molecule has 3 aromatic rings. The SMILES string of the molecule is COc1cccc(C2C(C(=O)CCc3ccccc3)=C(O)C(=O)N2c2cccc(C(F)(F)F)c2)c1. The predicted octanol–water partition coefficient (Wildman–Crippen LogP) is 5.82. The van der Waals surface area contributed by atoms with E-state index in [1.165, 1.54) is 19.2 Å². The van der Waals surface area contributed by atoms with Crippen LogP contribution < -0.4 is 9.64 Å². The van der Waals surface area contributed by atoms with E-state index in [9.17, 15) is 27.9 Å². The van der Waals surface area contributed by atoms with Gasteiger partial charge in [0.05, 0.1) is 24.3 Å². The molecule has 0 saturated carbocycles. The molecule has 3 aromatic carbocycles. The summed E-state index contributed by atoms with van der Waals surface area (Å²) >= 11 is 0. The maximum absolute atomic E-state index is 13.4. The van der Waals surface area contributed by atoms with Crippen LogP contribution in [-0.2, 0) is 22.2 Å². The second-order valence-corrected chi connectivity index (χ2v) is 8.07. The number of ether oxygens (including phenoxy) is 1. The first-order chi connectivity index (χ1) is 16.7. The van der Waals surface area contributed by atoms with Crippen molar-refractivity contribution in [1.29, 1.82) is 0 Å². The molecule has 180 valence electrons. The Kier molecular flexibility index (Phi) is 6.64. The summed E-state index contributed by atoms with van der Waals surface area (Å²) in [5.41, 5.74) is 0.127. The maximum atomic E-state index is 13.4. The van der Waals surface area contributed by atoms with Gasteiger partial charge in [-0.1, -0.05) is 48.5 Å². The first-order valence-electron chi connectivity index (χ1n) is 10.9. The summed E-state index contributed by atoms with van der Waals surface area (Å²) in [5.74, 6) is -1.75. The number of aryl methyl sites for hydroxylation is 1. The average Bonchev–Trinajstić information content (AvgIpc) is 3.13. The highest BCUT2D eigenvalue weighted by atomic mass is 19.4. The van der Waals surface area contributed by atoms with Crippen LogP contribution in [0.2, 0.25) is 0 Å². The second-order valence-electron chi connectivity index (χ2n) is 8.07. The summed E-state index contributed by atoms with van der Waals surface area (Å²) in [7, 11) is 1.45. The molecule has 0 saturated heterocycles. The number of halogens is 3. The lowest BCUT2D eigenvalue weighted by Crippen LogP contribution is -2.31. The first-order valence-corrected chi connectivity index (χ1v) is 10.9. The topological polar surface area (TPSA) is 66.8 Å². The number of carbonyl (C=O) groups excluding carboxylic acids is 2. The van der Waals surface area contributed by atoms with Crippen molar-refractivity contribution in [3.8, 4) is 5.75 Å². The van der Waals surface area contributed by atoms with E-state index in [0.717, 1.165) is 22.6 Å². The van der Waals surface area contributed by atoms with Gasteiger partial charge >= 0.3 is 6.18 Å². The van der Waals surface area contributed by atoms with Crippen molar-refractivity contribution in [1.82, 2.24) is 0 Å². The number of alkyl halides is 3. The minimum absolute atomic E-state index is 0.00753. The third-order valence-electron chi connectivity index (χ3n) is 5.85. The van der Waals surface area contributed by atoms with Crippen LogP contribution in [0.15, 0.2) is 90.2 Å². The summed E-state index contributed by atoms with van der Waals surface area (Å²) in [4.78, 5) is 27.5. The average molecular weight is 481 g/mol. The Morgan fingerprint density at radius 2 is 1.71 bits per heavy atom. The van der Waals surface area contributed by atoms with E-state index in [0.29, 0.717) is 17.7 Å². The van der Waals surface area contributed by atoms with Crippen molar-refractivity contribution in [3.05, 3.63) is 107 Å². The van der Waals surface area contributed by atoms with E-state index in [1.807, 2.05) is 30.3 Å². The normalized spacial score (nSPS) is 16.1. The molecule has 0 aromatic heterocycles. The number of carbonyl (C=O) groups is 2. The van der Waals surface area contributed by atoms with Crippen molar-refractivity contribution in [2.75, 3.05) is 12.0 Å². The molecule has 4 rings (SSSR count). The molecule has 1 atom stereocenters. The summed E-state index contributed by atoms with van der Waals surface area (Å²) < 4.78 is 45.4. The summed E-state index contributed by atoms with van der Waals surface area (Å²) in [5, 5.41) is 10.8. The quantitative estimate of drug-likeness (QED) is 0.462. The van der Waals surface area contributed by atoms with Crippen LogP contribution in [0.25, 0.3) is 0 Å². The van der Waals surface area contributed by atoms with Gasteiger partial charge in [0.25, 0.3) is 5.91 Å². The lowest BCUT2D eigenvalue weighted by atomic mass is 9.93. The number of methoxy groups -OCH3 is 1. The molecular weight excluding hydrogens is 459 g/mol. The van der Waals surface area contributed by atoms with Crippen LogP contribution in [0.3, 0.4) is 0 Å². The molecule has 8 heteroatoms. The fraction of sp³-hybridized carbons (Fsp3) is 0.185. The molecule has 1 heterocycles. The first kappa shape index (κ1) is 24.1. The van der Waals surface area contributed by atoms with Crippen molar-refractivity contribution in [2.24, 2.45) is 0 Å². The van der Waals surface area contributed by atoms with Crippen LogP contribution >= 0.6 is 0 Å². The molecule has 1 aliphatic rings. The maximum Gasteiger partial charge on any atom is 0.416 e. The number of hydrogen-bond donors (Lipinski definition) is 1. The Morgan fingerprint density at radius 3 is 2.40 bits per heavy atom. The van der Waals surface area contributed by atoms with E-state index in [1.54, 1.807) is 24.3 Å². The number of nitrogens with zero attached hydrogens (tertiary/aromatic N) is 1. The van der Waals surface area contributed by atoms with Crippen LogP contribution in [0.4, 0.5) is 18.9 Å². The number of aliphatic hydroxyl groups is 1. The Labute approximate surface area is 200 Å². The van der Waals surface area contributed by atoms with Gasteiger partial charge in [0, 0.05) is 12.1 Å². The van der Waals surface area contributed by atoms with Crippen molar-refractivity contribution >= 4 is 17.4 Å². The third-order valence-corrected chi connectivity index (χ3v) is 5.85. The van der Waals surface area contributed by atoms with E-state index in [2.05, 4.69) is 0 Å². The third kappa shape index (κ3) is 4.91. The van der Waals surface area contributed by atoms with E-state index in [4.69, 9.17) is 4.74 Å². The number of hydrogen-bond acceptors (Lipinski definition) is 4. The molecule has 1 unspecified atom stereocenters. The van der Waals surface area contributed by atoms with Gasteiger partial charge in [-0.25, -0.2) is 0 Å². The van der Waals surface area contributed by atoms with Crippen LogP contribution in [0.5, 0.6) is 5.75 Å². The van der Waals surface area contributed by atoms with Crippen molar-refractivity contribution < 1.29 is 32.6 Å². The minimum atomic E-state index is -4.63. The largest absolute Gasteiger partial charge is 0.503 e. The summed E-state index contributed by atoms with van der Waals surface area (Å²) in [6, 6.07) is 18.9. The van der Waals surface area contributed by atoms with Gasteiger partial charge in [0.15, 0.2) is 11.5 Å². The standard InChI is InChI=1S/C27H22F3NO4/c1-35-21-12-5-9-18(15-21)24-23(22(32)14-13-17-7-3-2-4-8-17)25(33)26(34)31(24)20-11-6-10-19(16-20)27(28,29)30/h2-12,15-16,24,33H,13-14H2,1H3. The lowest BCUT2D eigenvalue weighted by Gasteiger charge is -2.27. The fourth-order valence-electron chi connectivity index (χ4n) is 4.15. The number of rotatable bonds is 7. The number of benzene rings is 3. The van der Waals surface area contributed by atoms with Crippen molar-refractivity contribution in [2.45, 2.75) is 25.1 Å². The van der Waals surface area contributed by atoms with Gasteiger partial charge in [-0.2, -0.15) is 13.2 Å². The zero-order chi connectivity index (χ0) is 25.2. The highest BCUT2D eigenvalue weighted by molar-refractivity contribution is 6.16. The molecule has 0 spiro atoms. The van der Waals surface area contributed by atoms with E-state index >= 15 is 0 Å². The zero-order valence-electron chi connectivity index (χ0n) is 18.8. The van der Waals surface area contributed by atoms with Crippen LogP contribution in [0.1, 0.15) is 29.2 Å². The zero-order valence-corrected chi connectivity index (χ0v) is 18.8. The summed E-state index contributed by atoms with van der Waals surface area (Å²) in [6.07, 6.45) is -4.25. The molecule has 0 fully saturated rings. The molecule has 1 aliphatic heterocycles. The summed E-state index contributed by atoms with van der Waals surface area (Å²) in [6.45, 7) is 0. The van der Waals surface area contributed by atoms with E-state index in [-0.39, 0.29) is 17.7 Å². The number of Topliss-reactive ketones (excluding diaryl/α,β-unsaturated/α-hetero) is 1. The van der Waals surface area contributed by atoms with Crippen molar-refractivity contribution in [3.63, 3.8) is 0 Å². The number of aliphatic hydroxyl groups excluding tert-OH is 1. The second kappa shape index (κ2) is 9.66. The lowest BCUT2D eigenvalue weighted by molar-refractivity contribution is -0.137. The Morgan fingerprint density at radius 1 is 1.00 bits per heavy atom. The molecule has 0 aliphatic carbocycles. The highest BCUT2D eigenvalue weighted by Crippen LogP contribution is 2.43. The Bertz CT molecular complexity index is 1280. The predicted molar refractivity (Wildman–Crippen MR) is 124 cm³/mol. The molecule has 1 amide bonds. The number of amides is 1.